The standard InChI is InChI=1S/C10H3F5NOS/c11-5-4(10-16-3(1-17)2-18-10)6(12)8(14)9(15)7(5)13/h2H,1H2. The molecule has 0 aliphatic heterocycles. The van der Waals surface area contributed by atoms with E-state index in [2.05, 4.69) is 4.98 Å². The van der Waals surface area contributed by atoms with Gasteiger partial charge in [0.25, 0.3) is 0 Å². The zero-order chi connectivity index (χ0) is 13.4. The molecule has 8 heteroatoms. The summed E-state index contributed by atoms with van der Waals surface area (Å²) in [6, 6.07) is 0. The van der Waals surface area contributed by atoms with Crippen molar-refractivity contribution >= 4 is 11.3 Å². The average molecular weight is 280 g/mol. The van der Waals surface area contributed by atoms with Gasteiger partial charge in [0.15, 0.2) is 23.3 Å². The van der Waals surface area contributed by atoms with Crippen molar-refractivity contribution in [3.63, 3.8) is 0 Å². The van der Waals surface area contributed by atoms with Gasteiger partial charge in [-0.3, -0.25) is 0 Å². The molecule has 0 amide bonds. The van der Waals surface area contributed by atoms with E-state index < -0.39 is 46.3 Å². The maximum absolute atomic E-state index is 13.4. The summed E-state index contributed by atoms with van der Waals surface area (Å²) in [6.07, 6.45) is 0. The maximum atomic E-state index is 13.4. The maximum Gasteiger partial charge on any atom is 0.200 e. The summed E-state index contributed by atoms with van der Waals surface area (Å²) in [5.41, 5.74) is -1.14. The topological polar surface area (TPSA) is 32.8 Å². The highest BCUT2D eigenvalue weighted by molar-refractivity contribution is 7.13. The first-order chi connectivity index (χ1) is 8.47. The summed E-state index contributed by atoms with van der Waals surface area (Å²) in [7, 11) is 0. The van der Waals surface area contributed by atoms with E-state index in [0.717, 1.165) is 0 Å². The number of hydrogen-bond acceptors (Lipinski definition) is 2. The van der Waals surface area contributed by atoms with Gasteiger partial charge in [-0.2, -0.15) is 0 Å². The van der Waals surface area contributed by atoms with E-state index >= 15 is 0 Å². The zero-order valence-corrected chi connectivity index (χ0v) is 9.25. The molecule has 2 aromatic rings. The van der Waals surface area contributed by atoms with E-state index in [1.807, 2.05) is 0 Å². The minimum atomic E-state index is -2.23. The van der Waals surface area contributed by atoms with Gasteiger partial charge in [0, 0.05) is 5.38 Å². The first-order valence-corrected chi connectivity index (χ1v) is 5.39. The molecule has 0 bridgehead atoms. The molecule has 0 fully saturated rings. The Hall–Kier alpha value is -1.54. The first kappa shape index (κ1) is 12.9. The average Bonchev–Trinajstić information content (AvgIpc) is 2.83. The molecule has 0 aliphatic carbocycles. The fourth-order valence-corrected chi connectivity index (χ4v) is 2.12. The lowest BCUT2D eigenvalue weighted by Gasteiger charge is -2.05. The van der Waals surface area contributed by atoms with E-state index in [4.69, 9.17) is 0 Å². The van der Waals surface area contributed by atoms with Crippen LogP contribution in [-0.2, 0) is 11.7 Å². The van der Waals surface area contributed by atoms with E-state index in [9.17, 15) is 27.1 Å². The third kappa shape index (κ3) is 1.87. The van der Waals surface area contributed by atoms with Crippen molar-refractivity contribution in [2.45, 2.75) is 6.61 Å². The molecular weight excluding hydrogens is 277 g/mol. The predicted octanol–water partition coefficient (Wildman–Crippen LogP) is 3.44. The third-order valence-corrected chi connectivity index (χ3v) is 3.03. The Labute approximate surface area is 101 Å². The molecule has 1 aromatic carbocycles. The van der Waals surface area contributed by atoms with Gasteiger partial charge in [-0.1, -0.05) is 0 Å². The van der Waals surface area contributed by atoms with Crippen molar-refractivity contribution < 1.29 is 27.1 Å². The summed E-state index contributed by atoms with van der Waals surface area (Å²) in [4.78, 5) is 3.50. The molecule has 0 saturated carbocycles. The fourth-order valence-electron chi connectivity index (χ4n) is 1.28. The summed E-state index contributed by atoms with van der Waals surface area (Å²) in [6.45, 7) is -0.744. The minimum absolute atomic E-state index is 0.0288. The molecule has 1 heterocycles. The molecule has 0 aliphatic rings. The number of rotatable bonds is 2. The van der Waals surface area contributed by atoms with Crippen molar-refractivity contribution in [2.75, 3.05) is 0 Å². The van der Waals surface area contributed by atoms with Gasteiger partial charge in [0.1, 0.15) is 11.6 Å². The second kappa shape index (κ2) is 4.62. The Morgan fingerprint density at radius 1 is 0.944 bits per heavy atom. The van der Waals surface area contributed by atoms with E-state index in [1.54, 1.807) is 0 Å². The Bertz CT molecular complexity index is 584. The lowest BCUT2D eigenvalue weighted by Crippen LogP contribution is -2.03. The minimum Gasteiger partial charge on any atom is -0.238 e. The molecule has 1 aromatic heterocycles. The molecule has 0 saturated heterocycles. The Balaban J connectivity index is 2.71. The second-order valence-corrected chi connectivity index (χ2v) is 4.09. The molecule has 0 spiro atoms. The Morgan fingerprint density at radius 3 is 1.89 bits per heavy atom. The van der Waals surface area contributed by atoms with E-state index in [1.165, 1.54) is 5.38 Å². The summed E-state index contributed by atoms with van der Waals surface area (Å²) in [5, 5.41) is 11.3. The highest BCUT2D eigenvalue weighted by Gasteiger charge is 2.28. The quantitative estimate of drug-likeness (QED) is 0.471. The van der Waals surface area contributed by atoms with Crippen LogP contribution in [0, 0.1) is 29.1 Å². The van der Waals surface area contributed by atoms with Crippen molar-refractivity contribution in [1.82, 2.24) is 4.98 Å². The molecular formula is C10H3F5NOS. The van der Waals surface area contributed by atoms with Crippen LogP contribution in [0.5, 0.6) is 0 Å². The summed E-state index contributed by atoms with van der Waals surface area (Å²) >= 11 is 0.632. The van der Waals surface area contributed by atoms with Gasteiger partial charge in [-0.15, -0.1) is 11.3 Å². The molecule has 2 nitrogen and oxygen atoms in total. The first-order valence-electron chi connectivity index (χ1n) is 4.51. The van der Waals surface area contributed by atoms with Gasteiger partial charge in [-0.05, 0) is 0 Å². The third-order valence-electron chi connectivity index (χ3n) is 2.12. The number of thiazole rings is 1. The number of nitrogens with zero attached hydrogens (tertiary/aromatic N) is 1. The van der Waals surface area contributed by atoms with Crippen LogP contribution >= 0.6 is 11.3 Å². The number of halogens is 5. The molecule has 2 rings (SSSR count). The number of benzene rings is 1. The van der Waals surface area contributed by atoms with Crippen molar-refractivity contribution in [3.05, 3.63) is 40.2 Å². The fraction of sp³-hybridized carbons (Fsp3) is 0.100. The van der Waals surface area contributed by atoms with Gasteiger partial charge in [-0.25, -0.2) is 32.0 Å². The van der Waals surface area contributed by atoms with E-state index in [-0.39, 0.29) is 5.69 Å². The van der Waals surface area contributed by atoms with Gasteiger partial charge >= 0.3 is 0 Å². The molecule has 95 valence electrons. The number of aromatic nitrogens is 1. The Kier molecular flexibility index (Phi) is 3.31. The normalized spacial score (nSPS) is 11.0. The van der Waals surface area contributed by atoms with Crippen molar-refractivity contribution in [2.24, 2.45) is 0 Å². The highest BCUT2D eigenvalue weighted by atomic mass is 32.1. The molecule has 0 unspecified atom stereocenters. The SMILES string of the molecule is [O]Cc1csc(-c2c(F)c(F)c(F)c(F)c2F)n1. The molecule has 0 atom stereocenters. The van der Waals surface area contributed by atoms with Crippen LogP contribution in [0.1, 0.15) is 5.69 Å². The lowest BCUT2D eigenvalue weighted by molar-refractivity contribution is 0.174. The van der Waals surface area contributed by atoms with Crippen LogP contribution in [-0.4, -0.2) is 4.98 Å². The van der Waals surface area contributed by atoms with Crippen LogP contribution in [0.3, 0.4) is 0 Å². The van der Waals surface area contributed by atoms with Crippen LogP contribution in [0.25, 0.3) is 10.6 Å². The van der Waals surface area contributed by atoms with Crippen molar-refractivity contribution in [1.29, 1.82) is 0 Å². The lowest BCUT2D eigenvalue weighted by atomic mass is 10.2. The molecule has 18 heavy (non-hydrogen) atoms. The second-order valence-electron chi connectivity index (χ2n) is 3.23. The number of hydrogen-bond donors (Lipinski definition) is 0. The zero-order valence-electron chi connectivity index (χ0n) is 8.44. The molecule has 1 radical (unpaired) electrons. The van der Waals surface area contributed by atoms with Gasteiger partial charge in [0.05, 0.1) is 11.3 Å². The van der Waals surface area contributed by atoms with Crippen LogP contribution < -0.4 is 0 Å². The van der Waals surface area contributed by atoms with Gasteiger partial charge in [0.2, 0.25) is 5.82 Å². The smallest absolute Gasteiger partial charge is 0.200 e. The Morgan fingerprint density at radius 2 is 1.44 bits per heavy atom. The van der Waals surface area contributed by atoms with Crippen LogP contribution in [0.2, 0.25) is 0 Å². The summed E-state index contributed by atoms with van der Waals surface area (Å²) < 4.78 is 65.4. The highest BCUT2D eigenvalue weighted by Crippen LogP contribution is 2.33. The van der Waals surface area contributed by atoms with Gasteiger partial charge < -0.3 is 0 Å². The molecule has 0 N–H and O–H groups in total. The van der Waals surface area contributed by atoms with Crippen molar-refractivity contribution in [3.8, 4) is 10.6 Å². The van der Waals surface area contributed by atoms with E-state index in [0.29, 0.717) is 11.3 Å². The largest absolute Gasteiger partial charge is 0.238 e. The summed E-state index contributed by atoms with van der Waals surface area (Å²) in [5.74, 6) is -10.2. The predicted molar refractivity (Wildman–Crippen MR) is 51.7 cm³/mol. The monoisotopic (exact) mass is 280 g/mol. The van der Waals surface area contributed by atoms with Crippen LogP contribution in [0.4, 0.5) is 22.0 Å². The van der Waals surface area contributed by atoms with Crippen LogP contribution in [0.15, 0.2) is 5.38 Å².